The Morgan fingerprint density at radius 1 is 0.692 bits per heavy atom. The Hall–Kier alpha value is -3.24. The summed E-state index contributed by atoms with van der Waals surface area (Å²) in [7, 11) is 0. The molecule has 3 aromatic heterocycles. The van der Waals surface area contributed by atoms with Crippen LogP contribution in [0.25, 0.3) is 38.0 Å². The molecule has 0 saturated carbocycles. The molecule has 0 atom stereocenters. The molecule has 0 aliphatic carbocycles. The molecule has 124 valence electrons. The Bertz CT molecular complexity index is 1170. The van der Waals surface area contributed by atoms with E-state index in [2.05, 4.69) is 58.1 Å². The first-order valence-corrected chi connectivity index (χ1v) is 9.26. The first kappa shape index (κ1) is 15.0. The molecule has 4 heteroatoms. The number of pyridine rings is 1. The summed E-state index contributed by atoms with van der Waals surface area (Å²) in [5.41, 5.74) is 4.08. The van der Waals surface area contributed by atoms with Gasteiger partial charge in [0.25, 0.3) is 0 Å². The number of thiophene rings is 1. The van der Waals surface area contributed by atoms with Crippen LogP contribution >= 0.6 is 11.3 Å². The van der Waals surface area contributed by atoms with Crippen LogP contribution < -0.4 is 0 Å². The summed E-state index contributed by atoms with van der Waals surface area (Å²) in [6.07, 6.45) is 1.82. The predicted molar refractivity (Wildman–Crippen MR) is 108 cm³/mol. The van der Waals surface area contributed by atoms with Gasteiger partial charge in [0.1, 0.15) is 5.52 Å². The van der Waals surface area contributed by atoms with Gasteiger partial charge in [-0.05, 0) is 42.0 Å². The van der Waals surface area contributed by atoms with E-state index in [0.717, 1.165) is 27.6 Å². The smallest absolute Gasteiger partial charge is 0.164 e. The van der Waals surface area contributed by atoms with E-state index in [1.807, 2.05) is 42.6 Å². The third kappa shape index (κ3) is 2.52. The second-order valence-corrected chi connectivity index (χ2v) is 7.07. The number of rotatable bonds is 3. The number of hydrogen-bond acceptors (Lipinski definition) is 3. The van der Waals surface area contributed by atoms with Crippen molar-refractivity contribution < 1.29 is 0 Å². The minimum absolute atomic E-state index is 0.878. The Morgan fingerprint density at radius 2 is 1.42 bits per heavy atom. The molecule has 0 amide bonds. The van der Waals surface area contributed by atoms with Crippen molar-refractivity contribution in [3.8, 4) is 26.8 Å². The SMILES string of the molecule is c1ccc(-c2ccc(-c3nc4cccnc4n3-c3ccccc3)s2)cc1. The quantitative estimate of drug-likeness (QED) is 0.409. The van der Waals surface area contributed by atoms with Crippen LogP contribution in [0.4, 0.5) is 0 Å². The molecule has 0 fully saturated rings. The van der Waals surface area contributed by atoms with Crippen molar-refractivity contribution in [3.63, 3.8) is 0 Å². The molecule has 0 radical (unpaired) electrons. The molecule has 3 heterocycles. The Morgan fingerprint density at radius 3 is 2.23 bits per heavy atom. The van der Waals surface area contributed by atoms with E-state index in [4.69, 9.17) is 4.98 Å². The molecule has 0 saturated heterocycles. The summed E-state index contributed by atoms with van der Waals surface area (Å²) >= 11 is 1.75. The molecule has 0 N–H and O–H groups in total. The van der Waals surface area contributed by atoms with Crippen LogP contribution in [0.1, 0.15) is 0 Å². The summed E-state index contributed by atoms with van der Waals surface area (Å²) in [6, 6.07) is 29.0. The zero-order valence-electron chi connectivity index (χ0n) is 13.9. The highest BCUT2D eigenvalue weighted by atomic mass is 32.1. The van der Waals surface area contributed by atoms with Gasteiger partial charge in [0.05, 0.1) is 4.88 Å². The highest BCUT2D eigenvalue weighted by Gasteiger charge is 2.16. The van der Waals surface area contributed by atoms with Crippen molar-refractivity contribution in [2.45, 2.75) is 0 Å². The normalized spacial score (nSPS) is 11.1. The standard InChI is InChI=1S/C22H15N3S/c1-3-8-16(9-4-1)19-13-14-20(26-19)22-24-18-12-7-15-23-21(18)25(22)17-10-5-2-6-11-17/h1-15H. The average molecular weight is 353 g/mol. The molecule has 2 aromatic carbocycles. The van der Waals surface area contributed by atoms with Gasteiger partial charge in [-0.2, -0.15) is 0 Å². The van der Waals surface area contributed by atoms with Crippen LogP contribution in [0.2, 0.25) is 0 Å². The maximum atomic E-state index is 4.88. The van der Waals surface area contributed by atoms with Gasteiger partial charge >= 0.3 is 0 Å². The predicted octanol–water partition coefficient (Wildman–Crippen LogP) is 5.82. The molecule has 5 aromatic rings. The van der Waals surface area contributed by atoms with Crippen molar-refractivity contribution in [2.75, 3.05) is 0 Å². The lowest BCUT2D eigenvalue weighted by Crippen LogP contribution is -1.97. The fourth-order valence-corrected chi connectivity index (χ4v) is 4.11. The second kappa shape index (κ2) is 6.24. The minimum atomic E-state index is 0.878. The second-order valence-electron chi connectivity index (χ2n) is 5.98. The van der Waals surface area contributed by atoms with Crippen molar-refractivity contribution in [3.05, 3.63) is 91.1 Å². The molecule has 3 nitrogen and oxygen atoms in total. The highest BCUT2D eigenvalue weighted by molar-refractivity contribution is 7.18. The van der Waals surface area contributed by atoms with Crippen LogP contribution in [-0.2, 0) is 0 Å². The fraction of sp³-hybridized carbons (Fsp3) is 0. The van der Waals surface area contributed by atoms with Gasteiger partial charge in [-0.3, -0.25) is 4.57 Å². The molecule has 0 aliphatic heterocycles. The third-order valence-corrected chi connectivity index (χ3v) is 5.45. The Labute approximate surface area is 155 Å². The zero-order chi connectivity index (χ0) is 17.3. The molecule has 5 rings (SSSR count). The molecule has 0 spiro atoms. The van der Waals surface area contributed by atoms with Gasteiger partial charge in [0, 0.05) is 16.8 Å². The number of aromatic nitrogens is 3. The van der Waals surface area contributed by atoms with Crippen molar-refractivity contribution in [1.82, 2.24) is 14.5 Å². The first-order chi connectivity index (χ1) is 12.9. The zero-order valence-corrected chi connectivity index (χ0v) is 14.7. The van der Waals surface area contributed by atoms with Crippen molar-refractivity contribution >= 4 is 22.5 Å². The van der Waals surface area contributed by atoms with E-state index >= 15 is 0 Å². The molecule has 0 aliphatic rings. The van der Waals surface area contributed by atoms with Gasteiger partial charge in [0.15, 0.2) is 11.5 Å². The number of imidazole rings is 1. The van der Waals surface area contributed by atoms with Crippen LogP contribution in [0.15, 0.2) is 91.1 Å². The largest absolute Gasteiger partial charge is 0.276 e. The van der Waals surface area contributed by atoms with E-state index < -0.39 is 0 Å². The number of fused-ring (bicyclic) bond motifs is 1. The lowest BCUT2D eigenvalue weighted by Gasteiger charge is -2.07. The van der Waals surface area contributed by atoms with Gasteiger partial charge in [-0.25, -0.2) is 9.97 Å². The topological polar surface area (TPSA) is 30.7 Å². The summed E-state index contributed by atoms with van der Waals surface area (Å²) < 4.78 is 2.13. The van der Waals surface area contributed by atoms with Gasteiger partial charge in [-0.1, -0.05) is 48.5 Å². The number of benzene rings is 2. The van der Waals surface area contributed by atoms with E-state index in [-0.39, 0.29) is 0 Å². The van der Waals surface area contributed by atoms with Crippen LogP contribution in [0.3, 0.4) is 0 Å². The van der Waals surface area contributed by atoms with E-state index in [0.29, 0.717) is 0 Å². The summed E-state index contributed by atoms with van der Waals surface area (Å²) in [5.74, 6) is 0.928. The van der Waals surface area contributed by atoms with Crippen LogP contribution in [0.5, 0.6) is 0 Å². The van der Waals surface area contributed by atoms with Crippen molar-refractivity contribution in [2.24, 2.45) is 0 Å². The molecule has 0 bridgehead atoms. The lowest BCUT2D eigenvalue weighted by atomic mass is 10.2. The molecular formula is C22H15N3S. The van der Waals surface area contributed by atoms with Crippen LogP contribution in [-0.4, -0.2) is 14.5 Å². The number of hydrogen-bond donors (Lipinski definition) is 0. The maximum absolute atomic E-state index is 4.88. The maximum Gasteiger partial charge on any atom is 0.164 e. The fourth-order valence-electron chi connectivity index (χ4n) is 3.11. The molecule has 26 heavy (non-hydrogen) atoms. The van der Waals surface area contributed by atoms with E-state index in [9.17, 15) is 0 Å². The first-order valence-electron chi connectivity index (χ1n) is 8.45. The average Bonchev–Trinajstić information content (AvgIpc) is 3.34. The number of para-hydroxylation sites is 1. The van der Waals surface area contributed by atoms with Gasteiger partial charge in [-0.15, -0.1) is 11.3 Å². The van der Waals surface area contributed by atoms with E-state index in [1.54, 1.807) is 11.3 Å². The van der Waals surface area contributed by atoms with E-state index in [1.165, 1.54) is 10.4 Å². The molecule has 0 unspecified atom stereocenters. The summed E-state index contributed by atoms with van der Waals surface area (Å²) in [6.45, 7) is 0. The summed E-state index contributed by atoms with van der Waals surface area (Å²) in [4.78, 5) is 11.8. The monoisotopic (exact) mass is 353 g/mol. The highest BCUT2D eigenvalue weighted by Crippen LogP contribution is 2.36. The lowest BCUT2D eigenvalue weighted by molar-refractivity contribution is 1.08. The molecular weight excluding hydrogens is 338 g/mol. The van der Waals surface area contributed by atoms with Crippen molar-refractivity contribution in [1.29, 1.82) is 0 Å². The Balaban J connectivity index is 1.72. The van der Waals surface area contributed by atoms with Gasteiger partial charge in [0.2, 0.25) is 0 Å². The van der Waals surface area contributed by atoms with Gasteiger partial charge < -0.3 is 0 Å². The Kier molecular flexibility index (Phi) is 3.61. The third-order valence-electron chi connectivity index (χ3n) is 4.32. The minimum Gasteiger partial charge on any atom is -0.276 e. The van der Waals surface area contributed by atoms with Crippen LogP contribution in [0, 0.1) is 0 Å². The summed E-state index contributed by atoms with van der Waals surface area (Å²) in [5, 5.41) is 0. The number of nitrogens with zero attached hydrogens (tertiary/aromatic N) is 3.